The van der Waals surface area contributed by atoms with Crippen molar-refractivity contribution in [2.75, 3.05) is 27.7 Å². The van der Waals surface area contributed by atoms with Gasteiger partial charge in [-0.1, -0.05) is 64.1 Å². The van der Waals surface area contributed by atoms with Gasteiger partial charge in [-0.05, 0) is 120 Å². The first-order valence-corrected chi connectivity index (χ1v) is 29.7. The molecule has 3 aliphatic heterocycles. The van der Waals surface area contributed by atoms with Crippen LogP contribution in [0, 0.1) is 23.7 Å². The normalized spacial score (nSPS) is 35.3. The number of carbonyl (C=O) groups excluding carboxylic acids is 5. The fourth-order valence-electron chi connectivity index (χ4n) is 11.3. The third-order valence-corrected chi connectivity index (χ3v) is 16.8. The number of phosphoric ester groups is 1. The molecule has 462 valence electrons. The molecule has 2 aromatic carbocycles. The smallest absolute Gasteiger partial charge is 0.459 e. The lowest BCUT2D eigenvalue weighted by Gasteiger charge is -2.50. The summed E-state index contributed by atoms with van der Waals surface area (Å²) >= 11 is 0. The zero-order valence-electron chi connectivity index (χ0n) is 50.8. The number of phosphoric acid groups is 1. The lowest BCUT2D eigenvalue weighted by molar-refractivity contribution is -0.317. The van der Waals surface area contributed by atoms with Gasteiger partial charge < -0.3 is 72.1 Å². The quantitative estimate of drug-likeness (QED) is 0.0722. The van der Waals surface area contributed by atoms with Gasteiger partial charge in [-0.25, -0.2) is 9.36 Å². The summed E-state index contributed by atoms with van der Waals surface area (Å²) in [5.41, 5.74) is -6.43. The van der Waals surface area contributed by atoms with E-state index in [4.69, 9.17) is 56.2 Å². The van der Waals surface area contributed by atoms with Gasteiger partial charge in [-0.3, -0.25) is 23.7 Å². The number of Topliss-reactive ketones (excluding diaryl/α,β-unsaturated/α-hetero) is 1. The highest BCUT2D eigenvalue weighted by molar-refractivity contribution is 7.49. The Hall–Kier alpha value is -4.74. The lowest BCUT2D eigenvalue weighted by Crippen LogP contribution is -2.62. The second kappa shape index (κ2) is 28.4. The molecule has 3 fully saturated rings. The molecule has 3 heterocycles. The molecule has 22 nitrogen and oxygen atoms in total. The van der Waals surface area contributed by atoms with Crippen LogP contribution in [0.4, 0.5) is 4.79 Å². The molecule has 0 aliphatic carbocycles. The van der Waals surface area contributed by atoms with E-state index in [1.165, 1.54) is 34.8 Å². The Morgan fingerprint density at radius 2 is 1.39 bits per heavy atom. The maximum absolute atomic E-state index is 15.0. The van der Waals surface area contributed by atoms with Crippen LogP contribution in [0.1, 0.15) is 129 Å². The van der Waals surface area contributed by atoms with Crippen LogP contribution in [0.5, 0.6) is 11.5 Å². The van der Waals surface area contributed by atoms with Crippen molar-refractivity contribution in [3.8, 4) is 11.5 Å². The highest BCUT2D eigenvalue weighted by Crippen LogP contribution is 2.54. The Balaban J connectivity index is 1.59. The number of likely N-dealkylation sites (N-methyl/N-ethyl adjacent to an activating group) is 1. The molecule has 3 saturated heterocycles. The molecule has 1 amide bonds. The molecule has 2 aromatic rings. The van der Waals surface area contributed by atoms with Crippen LogP contribution < -0.4 is 14.4 Å². The topological polar surface area (TPSA) is 269 Å². The third-order valence-electron chi connectivity index (χ3n) is 15.4. The number of methoxy groups -OCH3 is 1. The molecule has 82 heavy (non-hydrogen) atoms. The first kappa shape index (κ1) is 68.0. The number of carbonyl (C=O) groups is 5. The van der Waals surface area contributed by atoms with Crippen molar-refractivity contribution >= 4 is 37.6 Å². The van der Waals surface area contributed by atoms with Crippen molar-refractivity contribution in [3.05, 3.63) is 60.7 Å². The van der Waals surface area contributed by atoms with Crippen molar-refractivity contribution in [2.24, 2.45) is 23.7 Å². The van der Waals surface area contributed by atoms with Gasteiger partial charge in [0.1, 0.15) is 46.8 Å². The molecular weight excluding hydrogens is 1090 g/mol. The van der Waals surface area contributed by atoms with E-state index < -0.39 is 151 Å². The maximum Gasteiger partial charge on any atom is 0.588 e. The van der Waals surface area contributed by atoms with Gasteiger partial charge in [0, 0.05) is 38.8 Å². The average Bonchev–Trinajstić information content (AvgIpc) is 3.59. The summed E-state index contributed by atoms with van der Waals surface area (Å²) in [7, 11) is 0.542. The number of amides is 1. The van der Waals surface area contributed by atoms with E-state index in [1.54, 1.807) is 123 Å². The standard InChI is InChI=1S/C59H91N2O20P/c1-18-44-59(14,68)51(75-45(63)29-30-60-55(66)78-56(9,10)11)36(4)47(64)34(2)32-57(12,67)50(77-54-49(73-40(8)62)43(61(15)16)31-35(3)71-54)37(5)48(38(6)53(65)74-44)76-46-33-58(13,70-17)52(39(7)72-46)81-82(69,79-41-25-21-19-22-26-41)80-42-27-23-20-24-28-42/h19-28,34-39,43-44,46,48-52,54,67-68H,18,29-33H2,1-17H3,(H,60,66)/t34-,35-,36+,37+,38-,39+,43+,44-,46+,48+,49-,50-,51-,52+,54+,57+,58-,59+/m1/s1. The number of alkyl carbamates (subject to hydrolysis) is 1. The van der Waals surface area contributed by atoms with Gasteiger partial charge in [0.15, 0.2) is 18.7 Å². The zero-order chi connectivity index (χ0) is 61.3. The van der Waals surface area contributed by atoms with Crippen molar-refractivity contribution in [1.29, 1.82) is 0 Å². The van der Waals surface area contributed by atoms with Crippen molar-refractivity contribution < 1.29 is 95.0 Å². The average molecular weight is 1180 g/mol. The molecule has 3 aliphatic rings. The SMILES string of the molecule is CC[C@H]1OC(=O)[C@H](C)[C@@H](O[C@H]2C[C@@](C)(OC)[C@@H](OP(=O)(Oc3ccccc3)Oc3ccccc3)[C@H](C)O2)[C@H](C)[C@@H](O[C@@H]2O[C@H](C)C[C@H](N(C)C)[C@H]2OC(C)=O)[C@@](C)(O)C[C@@H](C)C(=O)[C@H](C)[C@@H](OC(=O)CCNC(=O)OC(C)(C)C)[C@@]1(C)O. The molecule has 0 radical (unpaired) electrons. The highest BCUT2D eigenvalue weighted by atomic mass is 31.2. The largest absolute Gasteiger partial charge is 0.588 e. The number of para-hydroxylation sites is 2. The van der Waals surface area contributed by atoms with Gasteiger partial charge in [-0.15, -0.1) is 0 Å². The number of hydrogen-bond acceptors (Lipinski definition) is 21. The minimum Gasteiger partial charge on any atom is -0.459 e. The van der Waals surface area contributed by atoms with E-state index >= 15 is 4.79 Å². The zero-order valence-corrected chi connectivity index (χ0v) is 51.7. The number of aliphatic hydroxyl groups is 2. The van der Waals surface area contributed by atoms with Gasteiger partial charge in [-0.2, -0.15) is 0 Å². The summed E-state index contributed by atoms with van der Waals surface area (Å²) in [6.07, 6.45) is -13.1. The second-order valence-electron chi connectivity index (χ2n) is 24.0. The molecule has 3 N–H and O–H groups in total. The van der Waals surface area contributed by atoms with Gasteiger partial charge in [0.2, 0.25) is 0 Å². The van der Waals surface area contributed by atoms with Gasteiger partial charge in [0.25, 0.3) is 0 Å². The number of hydrogen-bond donors (Lipinski definition) is 3. The Bertz CT molecular complexity index is 2430. The molecule has 0 saturated carbocycles. The van der Waals surface area contributed by atoms with Gasteiger partial charge in [0.05, 0.1) is 59.9 Å². The van der Waals surface area contributed by atoms with Crippen LogP contribution in [0.2, 0.25) is 0 Å². The monoisotopic (exact) mass is 1180 g/mol. The summed E-state index contributed by atoms with van der Waals surface area (Å²) in [4.78, 5) is 70.7. The number of nitrogens with zero attached hydrogens (tertiary/aromatic N) is 1. The van der Waals surface area contributed by atoms with Crippen molar-refractivity contribution in [1.82, 2.24) is 10.2 Å². The van der Waals surface area contributed by atoms with Gasteiger partial charge >= 0.3 is 31.8 Å². The number of rotatable bonds is 18. The Morgan fingerprint density at radius 1 is 0.805 bits per heavy atom. The van der Waals surface area contributed by atoms with E-state index in [2.05, 4.69) is 5.32 Å². The lowest BCUT2D eigenvalue weighted by atomic mass is 9.74. The van der Waals surface area contributed by atoms with Crippen LogP contribution in [-0.2, 0) is 70.9 Å². The Morgan fingerprint density at radius 3 is 1.91 bits per heavy atom. The molecule has 0 unspecified atom stereocenters. The van der Waals surface area contributed by atoms with E-state index in [-0.39, 0.29) is 43.7 Å². The minimum atomic E-state index is -4.55. The molecule has 23 heteroatoms. The van der Waals surface area contributed by atoms with Crippen molar-refractivity contribution in [3.63, 3.8) is 0 Å². The molecule has 0 aromatic heterocycles. The molecule has 0 spiro atoms. The molecular formula is C59H91N2O20P. The summed E-state index contributed by atoms with van der Waals surface area (Å²) in [5.74, 6) is -7.16. The number of cyclic esters (lactones) is 1. The summed E-state index contributed by atoms with van der Waals surface area (Å²) in [6, 6.07) is 16.3. The van der Waals surface area contributed by atoms with Crippen LogP contribution in [0.3, 0.4) is 0 Å². The van der Waals surface area contributed by atoms with Crippen molar-refractivity contribution in [2.45, 2.75) is 219 Å². The van der Waals surface area contributed by atoms with E-state index in [0.29, 0.717) is 6.42 Å². The first-order valence-electron chi connectivity index (χ1n) is 28.3. The number of nitrogens with one attached hydrogen (secondary N) is 1. The molecule has 18 atom stereocenters. The number of benzene rings is 2. The molecule has 0 bridgehead atoms. The van der Waals surface area contributed by atoms with E-state index in [0.717, 1.165) is 0 Å². The van der Waals surface area contributed by atoms with Crippen LogP contribution in [0.15, 0.2) is 60.7 Å². The summed E-state index contributed by atoms with van der Waals surface area (Å²) in [6.45, 7) is 22.0. The van der Waals surface area contributed by atoms with Crippen LogP contribution in [0.25, 0.3) is 0 Å². The summed E-state index contributed by atoms with van der Waals surface area (Å²) in [5, 5.41) is 28.2. The maximum atomic E-state index is 15.0. The minimum absolute atomic E-state index is 0.0257. The fraction of sp³-hybridized carbons (Fsp3) is 0.712. The number of ether oxygens (including phenoxy) is 9. The predicted molar refractivity (Wildman–Crippen MR) is 299 cm³/mol. The summed E-state index contributed by atoms with van der Waals surface area (Å²) < 4.78 is 89.8. The predicted octanol–water partition coefficient (Wildman–Crippen LogP) is 8.11. The van der Waals surface area contributed by atoms with E-state index in [1.807, 2.05) is 25.9 Å². The Labute approximate surface area is 483 Å². The number of ketones is 1. The molecule has 5 rings (SSSR count). The number of esters is 3. The third kappa shape index (κ3) is 17.9. The highest BCUT2D eigenvalue weighted by Gasteiger charge is 2.56. The first-order chi connectivity index (χ1) is 38.1. The van der Waals surface area contributed by atoms with E-state index in [9.17, 15) is 34.0 Å². The fourth-order valence-corrected chi connectivity index (χ4v) is 12.9. The Kier molecular flexibility index (Phi) is 23.6. The van der Waals surface area contributed by atoms with Crippen LogP contribution in [-0.4, -0.2) is 163 Å². The second-order valence-corrected chi connectivity index (χ2v) is 25.5. The van der Waals surface area contributed by atoms with Crippen LogP contribution >= 0.6 is 7.82 Å².